The summed E-state index contributed by atoms with van der Waals surface area (Å²) in [6.07, 6.45) is 0. The van der Waals surface area contributed by atoms with Gasteiger partial charge in [-0.1, -0.05) is 29.8 Å². The molecular weight excluding hydrogens is 373 g/mol. The number of hydrogen-bond acceptors (Lipinski definition) is 4. The molecule has 0 aliphatic carbocycles. The second-order valence-corrected chi connectivity index (χ2v) is 6.38. The molecule has 0 fully saturated rings. The number of rotatable bonds is 5. The number of fused-ring (bicyclic) bond motifs is 1. The number of nitrogens with one attached hydrogen (secondary N) is 1. The molecule has 3 aromatic rings. The standard InChI is InChI=1S/C20H18ClNO3.ClH/c1-13-16(3-2-4-17(13)21)18-8-6-15(25-18)11-22-10-14-5-7-19-20(9-14)24-12-23-19;/h2-9,22H,10-12H2,1H3;1H/p-1. The predicted octanol–water partition coefficient (Wildman–Crippen LogP) is 1.93. The molecule has 2 heterocycles. The van der Waals surface area contributed by atoms with Crippen molar-refractivity contribution < 1.29 is 26.3 Å². The van der Waals surface area contributed by atoms with Crippen LogP contribution < -0.4 is 27.2 Å². The molecule has 1 aliphatic rings. The summed E-state index contributed by atoms with van der Waals surface area (Å²) in [6.45, 7) is 3.67. The van der Waals surface area contributed by atoms with E-state index in [9.17, 15) is 0 Å². The van der Waals surface area contributed by atoms with Gasteiger partial charge < -0.3 is 31.6 Å². The van der Waals surface area contributed by atoms with Crippen molar-refractivity contribution in [2.75, 3.05) is 6.79 Å². The third-order valence-corrected chi connectivity index (χ3v) is 4.67. The number of ether oxygens (including phenoxy) is 2. The second kappa shape index (κ2) is 8.04. The molecule has 136 valence electrons. The first-order valence-electron chi connectivity index (χ1n) is 8.14. The normalized spacial score (nSPS) is 12.1. The smallest absolute Gasteiger partial charge is 0.231 e. The lowest BCUT2D eigenvalue weighted by atomic mass is 10.1. The molecule has 0 atom stereocenters. The average Bonchev–Trinajstić information content (AvgIpc) is 3.26. The van der Waals surface area contributed by atoms with Crippen molar-refractivity contribution in [2.24, 2.45) is 0 Å². The quantitative estimate of drug-likeness (QED) is 0.722. The van der Waals surface area contributed by atoms with E-state index in [2.05, 4.69) is 5.32 Å². The molecule has 4 nitrogen and oxygen atoms in total. The number of hydrogen-bond donors (Lipinski definition) is 1. The summed E-state index contributed by atoms with van der Waals surface area (Å²) in [6, 6.07) is 15.8. The van der Waals surface area contributed by atoms with Crippen molar-refractivity contribution in [3.05, 3.63) is 70.4 Å². The molecule has 1 aliphatic heterocycles. The second-order valence-electron chi connectivity index (χ2n) is 5.97. The fraction of sp³-hybridized carbons (Fsp3) is 0.200. The van der Waals surface area contributed by atoms with E-state index >= 15 is 0 Å². The highest BCUT2D eigenvalue weighted by atomic mass is 35.5. The third kappa shape index (κ3) is 3.83. The highest BCUT2D eigenvalue weighted by Gasteiger charge is 2.13. The molecule has 1 N–H and O–H groups in total. The van der Waals surface area contributed by atoms with Gasteiger partial charge in [0.2, 0.25) is 6.79 Å². The van der Waals surface area contributed by atoms with Crippen LogP contribution in [-0.4, -0.2) is 6.79 Å². The zero-order valence-corrected chi connectivity index (χ0v) is 15.7. The summed E-state index contributed by atoms with van der Waals surface area (Å²) in [5.41, 5.74) is 3.19. The zero-order chi connectivity index (χ0) is 17.2. The van der Waals surface area contributed by atoms with Crippen LogP contribution in [0.5, 0.6) is 11.5 Å². The molecule has 1 aromatic heterocycles. The summed E-state index contributed by atoms with van der Waals surface area (Å²) in [5.74, 6) is 3.32. The van der Waals surface area contributed by atoms with Gasteiger partial charge in [-0.2, -0.15) is 0 Å². The van der Waals surface area contributed by atoms with E-state index in [4.69, 9.17) is 25.5 Å². The van der Waals surface area contributed by atoms with Crippen LogP contribution >= 0.6 is 11.6 Å². The highest BCUT2D eigenvalue weighted by molar-refractivity contribution is 6.31. The van der Waals surface area contributed by atoms with Crippen molar-refractivity contribution in [1.29, 1.82) is 0 Å². The van der Waals surface area contributed by atoms with Crippen LogP contribution in [0.1, 0.15) is 16.9 Å². The Morgan fingerprint density at radius 3 is 2.73 bits per heavy atom. The summed E-state index contributed by atoms with van der Waals surface area (Å²) in [5, 5.41) is 4.13. The summed E-state index contributed by atoms with van der Waals surface area (Å²) < 4.78 is 16.7. The van der Waals surface area contributed by atoms with Crippen LogP contribution in [0.3, 0.4) is 0 Å². The van der Waals surface area contributed by atoms with Crippen LogP contribution in [0.2, 0.25) is 5.02 Å². The van der Waals surface area contributed by atoms with Gasteiger partial charge in [-0.05, 0) is 48.4 Å². The van der Waals surface area contributed by atoms with Crippen molar-refractivity contribution in [3.8, 4) is 22.8 Å². The molecule has 0 saturated carbocycles. The first-order valence-corrected chi connectivity index (χ1v) is 8.52. The molecule has 0 unspecified atom stereocenters. The van der Waals surface area contributed by atoms with Gasteiger partial charge in [-0.15, -0.1) is 0 Å². The topological polar surface area (TPSA) is 43.6 Å². The Morgan fingerprint density at radius 1 is 1.00 bits per heavy atom. The lowest BCUT2D eigenvalue weighted by molar-refractivity contribution is -0.00000709. The zero-order valence-electron chi connectivity index (χ0n) is 14.2. The maximum atomic E-state index is 6.19. The molecular formula is C20H18Cl2NO3-. The van der Waals surface area contributed by atoms with Gasteiger partial charge >= 0.3 is 0 Å². The average molecular weight is 391 g/mol. The van der Waals surface area contributed by atoms with E-state index in [1.165, 1.54) is 0 Å². The Morgan fingerprint density at radius 2 is 1.85 bits per heavy atom. The minimum atomic E-state index is 0. The minimum Gasteiger partial charge on any atom is -1.00 e. The van der Waals surface area contributed by atoms with E-state index in [1.807, 2.05) is 55.5 Å². The molecule has 0 amide bonds. The van der Waals surface area contributed by atoms with Gasteiger partial charge in [-0.25, -0.2) is 0 Å². The van der Waals surface area contributed by atoms with Gasteiger partial charge in [-0.3, -0.25) is 0 Å². The number of benzene rings is 2. The Balaban J connectivity index is 0.00000196. The molecule has 6 heteroatoms. The lowest BCUT2D eigenvalue weighted by Gasteiger charge is -2.06. The maximum absolute atomic E-state index is 6.19. The Bertz CT molecular complexity index is 908. The predicted molar refractivity (Wildman–Crippen MR) is 97.0 cm³/mol. The first-order chi connectivity index (χ1) is 12.2. The van der Waals surface area contributed by atoms with Gasteiger partial charge in [0.05, 0.1) is 6.54 Å². The number of halogens is 2. The molecule has 2 aromatic carbocycles. The van der Waals surface area contributed by atoms with E-state index < -0.39 is 0 Å². The summed E-state index contributed by atoms with van der Waals surface area (Å²) >= 11 is 6.19. The van der Waals surface area contributed by atoms with Crippen LogP contribution in [0.15, 0.2) is 52.9 Å². The fourth-order valence-corrected chi connectivity index (χ4v) is 3.05. The van der Waals surface area contributed by atoms with Crippen molar-refractivity contribution in [1.82, 2.24) is 5.32 Å². The van der Waals surface area contributed by atoms with Crippen LogP contribution in [0.25, 0.3) is 11.3 Å². The third-order valence-electron chi connectivity index (χ3n) is 4.26. The maximum Gasteiger partial charge on any atom is 0.231 e. The minimum absolute atomic E-state index is 0. The lowest BCUT2D eigenvalue weighted by Crippen LogP contribution is -3.00. The van der Waals surface area contributed by atoms with Crippen LogP contribution in [-0.2, 0) is 13.1 Å². The Kier molecular flexibility index (Phi) is 5.77. The summed E-state index contributed by atoms with van der Waals surface area (Å²) in [4.78, 5) is 0. The van der Waals surface area contributed by atoms with Crippen molar-refractivity contribution in [2.45, 2.75) is 20.0 Å². The molecule has 0 saturated heterocycles. The van der Waals surface area contributed by atoms with E-state index in [1.54, 1.807) is 0 Å². The van der Waals surface area contributed by atoms with Gasteiger partial charge in [0, 0.05) is 17.1 Å². The Hall–Kier alpha value is -2.14. The van der Waals surface area contributed by atoms with Gasteiger partial charge in [0.1, 0.15) is 11.5 Å². The molecule has 0 bridgehead atoms. The first kappa shape index (κ1) is 18.6. The molecule has 4 rings (SSSR count). The van der Waals surface area contributed by atoms with Gasteiger partial charge in [0.15, 0.2) is 11.5 Å². The SMILES string of the molecule is Cc1c(Cl)cccc1-c1ccc(CNCc2ccc3c(c2)OCO3)o1.[Cl-]. The monoisotopic (exact) mass is 390 g/mol. The molecule has 26 heavy (non-hydrogen) atoms. The van der Waals surface area contributed by atoms with Crippen molar-refractivity contribution in [3.63, 3.8) is 0 Å². The van der Waals surface area contributed by atoms with E-state index in [0.29, 0.717) is 13.3 Å². The van der Waals surface area contributed by atoms with E-state index in [-0.39, 0.29) is 12.4 Å². The summed E-state index contributed by atoms with van der Waals surface area (Å²) in [7, 11) is 0. The fourth-order valence-electron chi connectivity index (χ4n) is 2.87. The van der Waals surface area contributed by atoms with Crippen LogP contribution in [0, 0.1) is 6.92 Å². The molecule has 0 radical (unpaired) electrons. The Labute approximate surface area is 163 Å². The van der Waals surface area contributed by atoms with Crippen LogP contribution in [0.4, 0.5) is 0 Å². The largest absolute Gasteiger partial charge is 1.00 e. The van der Waals surface area contributed by atoms with Crippen molar-refractivity contribution >= 4 is 11.6 Å². The number of furan rings is 1. The van der Waals surface area contributed by atoms with E-state index in [0.717, 1.165) is 51.3 Å². The highest BCUT2D eigenvalue weighted by Crippen LogP contribution is 2.32. The molecule has 0 spiro atoms. The van der Waals surface area contributed by atoms with Gasteiger partial charge in [0.25, 0.3) is 0 Å².